The summed E-state index contributed by atoms with van der Waals surface area (Å²) in [6.07, 6.45) is -5.13. The van der Waals surface area contributed by atoms with Crippen LogP contribution in [0.1, 0.15) is 25.8 Å². The maximum Gasteiger partial charge on any atom is 0.392 e. The highest BCUT2D eigenvalue weighted by Crippen LogP contribution is 2.25. The van der Waals surface area contributed by atoms with Crippen molar-refractivity contribution in [1.82, 2.24) is 5.32 Å². The summed E-state index contributed by atoms with van der Waals surface area (Å²) >= 11 is 3.34. The van der Waals surface area contributed by atoms with E-state index in [1.807, 2.05) is 19.9 Å². The van der Waals surface area contributed by atoms with Crippen molar-refractivity contribution in [3.63, 3.8) is 0 Å². The SMILES string of the molecule is CC(C)NCc1cc(Br)ccc1OCCC(F)(F)F. The molecule has 0 aliphatic rings. The molecule has 0 heterocycles. The Hall–Kier alpha value is -0.750. The van der Waals surface area contributed by atoms with Crippen molar-refractivity contribution >= 4 is 15.9 Å². The molecular weight excluding hydrogens is 323 g/mol. The Morgan fingerprint density at radius 2 is 2.00 bits per heavy atom. The first-order valence-electron chi connectivity index (χ1n) is 5.99. The number of alkyl halides is 3. The zero-order chi connectivity index (χ0) is 14.5. The van der Waals surface area contributed by atoms with Gasteiger partial charge >= 0.3 is 6.18 Å². The van der Waals surface area contributed by atoms with Gasteiger partial charge in [-0.25, -0.2) is 0 Å². The zero-order valence-corrected chi connectivity index (χ0v) is 12.4. The molecule has 0 spiro atoms. The Bertz CT molecular complexity index is 407. The number of rotatable bonds is 6. The molecule has 0 saturated heterocycles. The summed E-state index contributed by atoms with van der Waals surface area (Å²) < 4.78 is 42.3. The third-order valence-electron chi connectivity index (χ3n) is 2.37. The quantitative estimate of drug-likeness (QED) is 0.835. The molecule has 1 rings (SSSR count). The Kier molecular flexibility index (Phi) is 6.13. The van der Waals surface area contributed by atoms with Crippen LogP contribution in [-0.4, -0.2) is 18.8 Å². The Balaban J connectivity index is 2.65. The van der Waals surface area contributed by atoms with Crippen LogP contribution in [0.3, 0.4) is 0 Å². The fourth-order valence-corrected chi connectivity index (χ4v) is 1.83. The fourth-order valence-electron chi connectivity index (χ4n) is 1.42. The van der Waals surface area contributed by atoms with Crippen molar-refractivity contribution in [2.45, 2.75) is 39.0 Å². The minimum Gasteiger partial charge on any atom is -0.493 e. The summed E-state index contributed by atoms with van der Waals surface area (Å²) in [7, 11) is 0. The van der Waals surface area contributed by atoms with E-state index in [0.717, 1.165) is 10.0 Å². The third kappa shape index (κ3) is 6.82. The monoisotopic (exact) mass is 339 g/mol. The lowest BCUT2D eigenvalue weighted by molar-refractivity contribution is -0.139. The Morgan fingerprint density at radius 1 is 1.32 bits per heavy atom. The molecule has 0 fully saturated rings. The normalized spacial score (nSPS) is 11.9. The first-order chi connectivity index (χ1) is 8.78. The number of halogens is 4. The zero-order valence-electron chi connectivity index (χ0n) is 10.9. The lowest BCUT2D eigenvalue weighted by Gasteiger charge is -2.15. The van der Waals surface area contributed by atoms with Gasteiger partial charge in [-0.3, -0.25) is 0 Å². The molecule has 0 unspecified atom stereocenters. The summed E-state index contributed by atoms with van der Waals surface area (Å²) in [6.45, 7) is 4.20. The molecule has 2 nitrogen and oxygen atoms in total. The topological polar surface area (TPSA) is 21.3 Å². The molecule has 1 aromatic carbocycles. The molecule has 1 N–H and O–H groups in total. The molecule has 0 aliphatic heterocycles. The van der Waals surface area contributed by atoms with Gasteiger partial charge in [0.15, 0.2) is 0 Å². The van der Waals surface area contributed by atoms with Crippen molar-refractivity contribution in [2.24, 2.45) is 0 Å². The molecule has 0 saturated carbocycles. The first-order valence-corrected chi connectivity index (χ1v) is 6.78. The lowest BCUT2D eigenvalue weighted by atomic mass is 10.2. The Morgan fingerprint density at radius 3 is 2.58 bits per heavy atom. The number of hydrogen-bond acceptors (Lipinski definition) is 2. The minimum atomic E-state index is -4.19. The molecule has 1 aromatic rings. The maximum absolute atomic E-state index is 12.1. The van der Waals surface area contributed by atoms with Gasteiger partial charge in [-0.1, -0.05) is 29.8 Å². The molecule has 6 heteroatoms. The van der Waals surface area contributed by atoms with Gasteiger partial charge in [0.2, 0.25) is 0 Å². The van der Waals surface area contributed by atoms with Gasteiger partial charge in [-0.2, -0.15) is 13.2 Å². The van der Waals surface area contributed by atoms with Crippen molar-refractivity contribution in [3.8, 4) is 5.75 Å². The van der Waals surface area contributed by atoms with Crippen LogP contribution in [-0.2, 0) is 6.54 Å². The lowest BCUT2D eigenvalue weighted by Crippen LogP contribution is -2.22. The molecule has 0 atom stereocenters. The molecule has 0 amide bonds. The third-order valence-corrected chi connectivity index (χ3v) is 2.86. The van der Waals surface area contributed by atoms with E-state index in [0.29, 0.717) is 18.3 Å². The highest BCUT2D eigenvalue weighted by Gasteiger charge is 2.27. The summed E-state index contributed by atoms with van der Waals surface area (Å²) in [6, 6.07) is 5.57. The number of benzene rings is 1. The van der Waals surface area contributed by atoms with Crippen LogP contribution in [0.5, 0.6) is 5.75 Å². The van der Waals surface area contributed by atoms with Crippen LogP contribution >= 0.6 is 15.9 Å². The van der Waals surface area contributed by atoms with E-state index in [9.17, 15) is 13.2 Å². The first kappa shape index (κ1) is 16.3. The second kappa shape index (κ2) is 7.14. The number of nitrogens with one attached hydrogen (secondary N) is 1. The summed E-state index contributed by atoms with van der Waals surface area (Å²) in [5.41, 5.74) is 0.838. The van der Waals surface area contributed by atoms with Gasteiger partial charge < -0.3 is 10.1 Å². The maximum atomic E-state index is 12.1. The standard InChI is InChI=1S/C13H17BrF3NO/c1-9(2)18-8-10-7-11(14)3-4-12(10)19-6-5-13(15,16)17/h3-4,7,9,18H,5-6,8H2,1-2H3. The minimum absolute atomic E-state index is 0.294. The average Bonchev–Trinajstić information content (AvgIpc) is 2.27. The van der Waals surface area contributed by atoms with E-state index in [4.69, 9.17) is 4.74 Å². The average molecular weight is 340 g/mol. The van der Waals surface area contributed by atoms with Gasteiger partial charge in [0.05, 0.1) is 13.0 Å². The fraction of sp³-hybridized carbons (Fsp3) is 0.538. The summed E-state index contributed by atoms with van der Waals surface area (Å²) in [5.74, 6) is 0.487. The number of ether oxygens (including phenoxy) is 1. The summed E-state index contributed by atoms with van der Waals surface area (Å²) in [5, 5.41) is 3.21. The largest absolute Gasteiger partial charge is 0.493 e. The van der Waals surface area contributed by atoms with E-state index in [-0.39, 0.29) is 6.61 Å². The van der Waals surface area contributed by atoms with Crippen LogP contribution in [0.2, 0.25) is 0 Å². The van der Waals surface area contributed by atoms with Gasteiger partial charge in [-0.15, -0.1) is 0 Å². The van der Waals surface area contributed by atoms with E-state index in [1.54, 1.807) is 12.1 Å². The van der Waals surface area contributed by atoms with Gasteiger partial charge in [0.1, 0.15) is 5.75 Å². The van der Waals surface area contributed by atoms with Gasteiger partial charge in [0, 0.05) is 22.6 Å². The van der Waals surface area contributed by atoms with Crippen LogP contribution in [0, 0.1) is 0 Å². The summed E-state index contributed by atoms with van der Waals surface area (Å²) in [4.78, 5) is 0. The predicted molar refractivity (Wildman–Crippen MR) is 72.3 cm³/mol. The van der Waals surface area contributed by atoms with Crippen molar-refractivity contribution in [3.05, 3.63) is 28.2 Å². The highest BCUT2D eigenvalue weighted by atomic mass is 79.9. The van der Waals surface area contributed by atoms with Gasteiger partial charge in [0.25, 0.3) is 0 Å². The van der Waals surface area contributed by atoms with Crippen LogP contribution in [0.25, 0.3) is 0 Å². The Labute approximate surface area is 119 Å². The second-order valence-electron chi connectivity index (χ2n) is 4.50. The molecule has 0 aliphatic carbocycles. The van der Waals surface area contributed by atoms with E-state index in [2.05, 4.69) is 21.2 Å². The van der Waals surface area contributed by atoms with E-state index < -0.39 is 12.6 Å². The number of hydrogen-bond donors (Lipinski definition) is 1. The predicted octanol–water partition coefficient (Wildman–Crippen LogP) is 4.28. The smallest absolute Gasteiger partial charge is 0.392 e. The van der Waals surface area contributed by atoms with Crippen LogP contribution < -0.4 is 10.1 Å². The molecule has 0 bridgehead atoms. The highest BCUT2D eigenvalue weighted by molar-refractivity contribution is 9.10. The molecule has 0 aromatic heterocycles. The second-order valence-corrected chi connectivity index (χ2v) is 5.42. The van der Waals surface area contributed by atoms with Crippen molar-refractivity contribution in [1.29, 1.82) is 0 Å². The molecule has 108 valence electrons. The van der Waals surface area contributed by atoms with E-state index in [1.165, 1.54) is 0 Å². The van der Waals surface area contributed by atoms with Crippen molar-refractivity contribution < 1.29 is 17.9 Å². The molecular formula is C13H17BrF3NO. The molecule has 0 radical (unpaired) electrons. The molecule has 19 heavy (non-hydrogen) atoms. The van der Waals surface area contributed by atoms with Crippen molar-refractivity contribution in [2.75, 3.05) is 6.61 Å². The van der Waals surface area contributed by atoms with Gasteiger partial charge in [-0.05, 0) is 18.2 Å². The van der Waals surface area contributed by atoms with Crippen LogP contribution in [0.4, 0.5) is 13.2 Å². The van der Waals surface area contributed by atoms with Crippen LogP contribution in [0.15, 0.2) is 22.7 Å². The van der Waals surface area contributed by atoms with E-state index >= 15 is 0 Å².